The molecule has 0 radical (unpaired) electrons. The molecule has 0 amide bonds. The summed E-state index contributed by atoms with van der Waals surface area (Å²) in [6, 6.07) is 7.71. The highest BCUT2D eigenvalue weighted by Gasteiger charge is 2.15. The molecule has 0 aliphatic carbocycles. The van der Waals surface area contributed by atoms with Crippen molar-refractivity contribution in [2.24, 2.45) is 0 Å². The number of benzene rings is 1. The fourth-order valence-electron chi connectivity index (χ4n) is 2.49. The van der Waals surface area contributed by atoms with Gasteiger partial charge in [0.2, 0.25) is 0 Å². The average molecular weight is 269 g/mol. The van der Waals surface area contributed by atoms with Crippen molar-refractivity contribution in [3.63, 3.8) is 0 Å². The molecule has 1 N–H and O–H groups in total. The number of rotatable bonds is 6. The molecule has 1 aliphatic rings. The Balaban J connectivity index is 1.66. The van der Waals surface area contributed by atoms with E-state index in [1.54, 1.807) is 0 Å². The first-order chi connectivity index (χ1) is 8.74. The lowest BCUT2D eigenvalue weighted by Crippen LogP contribution is -2.12. The van der Waals surface area contributed by atoms with Gasteiger partial charge in [0.1, 0.15) is 0 Å². The van der Waals surface area contributed by atoms with Crippen LogP contribution in [0.4, 0.5) is 0 Å². The van der Waals surface area contributed by atoms with Crippen LogP contribution >= 0.6 is 11.6 Å². The predicted octanol–water partition coefficient (Wildman–Crippen LogP) is 3.59. The summed E-state index contributed by atoms with van der Waals surface area (Å²) in [5.74, 6) is 0. The second-order valence-electron chi connectivity index (χ2n) is 5.05. The van der Waals surface area contributed by atoms with Crippen molar-refractivity contribution in [3.05, 3.63) is 34.9 Å². The van der Waals surface area contributed by atoms with Gasteiger partial charge in [-0.15, -0.1) is 0 Å². The molecule has 2 rings (SSSR count). The lowest BCUT2D eigenvalue weighted by atomic mass is 10.0. The van der Waals surface area contributed by atoms with E-state index in [-0.39, 0.29) is 6.10 Å². The van der Waals surface area contributed by atoms with E-state index in [4.69, 9.17) is 16.3 Å². The van der Waals surface area contributed by atoms with Crippen molar-refractivity contribution in [1.82, 2.24) is 0 Å². The van der Waals surface area contributed by atoms with Gasteiger partial charge >= 0.3 is 0 Å². The summed E-state index contributed by atoms with van der Waals surface area (Å²) in [4.78, 5) is 0. The van der Waals surface area contributed by atoms with E-state index in [0.29, 0.717) is 12.5 Å². The summed E-state index contributed by atoms with van der Waals surface area (Å²) in [5.41, 5.74) is 1.10. The summed E-state index contributed by atoms with van der Waals surface area (Å²) < 4.78 is 5.57. The fraction of sp³-hybridized carbons (Fsp3) is 0.600. The molecule has 3 heteroatoms. The minimum Gasteiger partial charge on any atom is -0.393 e. The summed E-state index contributed by atoms with van der Waals surface area (Å²) in [6.07, 6.45) is 6.17. The molecule has 0 saturated carbocycles. The van der Waals surface area contributed by atoms with Crippen LogP contribution in [0, 0.1) is 0 Å². The molecule has 1 aromatic rings. The van der Waals surface area contributed by atoms with Crippen LogP contribution in [0.3, 0.4) is 0 Å². The Labute approximate surface area is 114 Å². The Kier molecular flexibility index (Phi) is 5.48. The van der Waals surface area contributed by atoms with Gasteiger partial charge in [-0.1, -0.05) is 23.7 Å². The summed E-state index contributed by atoms with van der Waals surface area (Å²) in [7, 11) is 0. The van der Waals surface area contributed by atoms with Crippen molar-refractivity contribution in [2.45, 2.75) is 50.7 Å². The fourth-order valence-corrected chi connectivity index (χ4v) is 2.70. The van der Waals surface area contributed by atoms with Crippen LogP contribution in [0.1, 0.15) is 37.7 Å². The quantitative estimate of drug-likeness (QED) is 0.854. The minimum atomic E-state index is -0.273. The van der Waals surface area contributed by atoms with Gasteiger partial charge in [0.05, 0.1) is 12.2 Å². The number of hydrogen-bond donors (Lipinski definition) is 1. The van der Waals surface area contributed by atoms with Crippen LogP contribution in [-0.4, -0.2) is 23.9 Å². The zero-order valence-electron chi connectivity index (χ0n) is 10.6. The molecule has 1 heterocycles. The number of halogens is 1. The first-order valence-corrected chi connectivity index (χ1v) is 7.16. The lowest BCUT2D eigenvalue weighted by molar-refractivity contribution is 0.0945. The first kappa shape index (κ1) is 13.9. The number of hydrogen-bond acceptors (Lipinski definition) is 2. The molecule has 0 aromatic heterocycles. The maximum Gasteiger partial charge on any atom is 0.0580 e. The van der Waals surface area contributed by atoms with Gasteiger partial charge in [0.25, 0.3) is 0 Å². The SMILES string of the molecule is OC(CCCC1CCCO1)Cc1cccc(Cl)c1. The van der Waals surface area contributed by atoms with Gasteiger partial charge in [0, 0.05) is 11.6 Å². The Hall–Kier alpha value is -0.570. The third-order valence-corrected chi connectivity index (χ3v) is 3.68. The molecule has 0 bridgehead atoms. The topological polar surface area (TPSA) is 29.5 Å². The maximum absolute atomic E-state index is 9.98. The molecule has 1 saturated heterocycles. The highest BCUT2D eigenvalue weighted by molar-refractivity contribution is 6.30. The van der Waals surface area contributed by atoms with E-state index >= 15 is 0 Å². The van der Waals surface area contributed by atoms with E-state index < -0.39 is 0 Å². The Morgan fingerprint density at radius 2 is 2.33 bits per heavy atom. The van der Waals surface area contributed by atoms with Crippen LogP contribution in [-0.2, 0) is 11.2 Å². The monoisotopic (exact) mass is 268 g/mol. The zero-order chi connectivity index (χ0) is 12.8. The summed E-state index contributed by atoms with van der Waals surface area (Å²) in [5, 5.41) is 10.7. The third-order valence-electron chi connectivity index (χ3n) is 3.45. The molecule has 0 spiro atoms. The van der Waals surface area contributed by atoms with Gasteiger partial charge in [-0.3, -0.25) is 0 Å². The normalized spacial score (nSPS) is 21.1. The van der Waals surface area contributed by atoms with E-state index in [1.165, 1.54) is 12.8 Å². The van der Waals surface area contributed by atoms with E-state index in [1.807, 2.05) is 24.3 Å². The van der Waals surface area contributed by atoms with Gasteiger partial charge in [-0.05, 0) is 56.2 Å². The van der Waals surface area contributed by atoms with E-state index in [9.17, 15) is 5.11 Å². The van der Waals surface area contributed by atoms with Crippen LogP contribution in [0.5, 0.6) is 0 Å². The van der Waals surface area contributed by atoms with Crippen molar-refractivity contribution in [2.75, 3.05) is 6.61 Å². The largest absolute Gasteiger partial charge is 0.393 e. The molecular weight excluding hydrogens is 248 g/mol. The molecule has 18 heavy (non-hydrogen) atoms. The van der Waals surface area contributed by atoms with E-state index in [2.05, 4.69) is 0 Å². The average Bonchev–Trinajstić information content (AvgIpc) is 2.82. The second-order valence-corrected chi connectivity index (χ2v) is 5.49. The predicted molar refractivity (Wildman–Crippen MR) is 74.0 cm³/mol. The highest BCUT2D eigenvalue weighted by Crippen LogP contribution is 2.19. The Morgan fingerprint density at radius 1 is 1.44 bits per heavy atom. The van der Waals surface area contributed by atoms with Crippen molar-refractivity contribution in [1.29, 1.82) is 0 Å². The molecule has 1 fully saturated rings. The van der Waals surface area contributed by atoms with Crippen LogP contribution < -0.4 is 0 Å². The Morgan fingerprint density at radius 3 is 3.06 bits per heavy atom. The standard InChI is InChI=1S/C15H21ClO2/c16-13-5-1-4-12(10-13)11-14(17)6-2-7-15-8-3-9-18-15/h1,4-5,10,14-15,17H,2-3,6-9,11H2. The minimum absolute atomic E-state index is 0.273. The van der Waals surface area contributed by atoms with E-state index in [0.717, 1.165) is 36.5 Å². The van der Waals surface area contributed by atoms with Gasteiger partial charge < -0.3 is 9.84 Å². The Bertz CT molecular complexity index is 361. The third kappa shape index (κ3) is 4.60. The maximum atomic E-state index is 9.98. The van der Waals surface area contributed by atoms with Crippen LogP contribution in [0.25, 0.3) is 0 Å². The van der Waals surface area contributed by atoms with Gasteiger partial charge in [-0.2, -0.15) is 0 Å². The van der Waals surface area contributed by atoms with Crippen molar-refractivity contribution < 1.29 is 9.84 Å². The van der Waals surface area contributed by atoms with Crippen LogP contribution in [0.2, 0.25) is 5.02 Å². The molecule has 2 nitrogen and oxygen atoms in total. The molecule has 1 aliphatic heterocycles. The second kappa shape index (κ2) is 7.13. The summed E-state index contributed by atoms with van der Waals surface area (Å²) >= 11 is 5.92. The van der Waals surface area contributed by atoms with Crippen molar-refractivity contribution >= 4 is 11.6 Å². The molecule has 100 valence electrons. The van der Waals surface area contributed by atoms with Gasteiger partial charge in [0.15, 0.2) is 0 Å². The summed E-state index contributed by atoms with van der Waals surface area (Å²) in [6.45, 7) is 0.912. The number of ether oxygens (including phenoxy) is 1. The number of aliphatic hydroxyl groups excluding tert-OH is 1. The zero-order valence-corrected chi connectivity index (χ0v) is 11.4. The van der Waals surface area contributed by atoms with Crippen LogP contribution in [0.15, 0.2) is 24.3 Å². The molecule has 2 atom stereocenters. The molecule has 2 unspecified atom stereocenters. The van der Waals surface area contributed by atoms with Crippen molar-refractivity contribution in [3.8, 4) is 0 Å². The highest BCUT2D eigenvalue weighted by atomic mass is 35.5. The molecular formula is C15H21ClO2. The number of aliphatic hydroxyl groups is 1. The van der Waals surface area contributed by atoms with Gasteiger partial charge in [-0.25, -0.2) is 0 Å². The smallest absolute Gasteiger partial charge is 0.0580 e. The lowest BCUT2D eigenvalue weighted by Gasteiger charge is -2.13. The molecule has 1 aromatic carbocycles. The first-order valence-electron chi connectivity index (χ1n) is 6.78.